The SMILES string of the molecule is COc1ccccc1NC(=O)c1ccc(N(C)Cc2ccccc2)nn1. The fourth-order valence-electron chi connectivity index (χ4n) is 2.52. The molecule has 1 amide bonds. The van der Waals surface area contributed by atoms with E-state index in [9.17, 15) is 4.79 Å². The number of ether oxygens (including phenoxy) is 1. The third-order valence-electron chi connectivity index (χ3n) is 3.89. The van der Waals surface area contributed by atoms with E-state index >= 15 is 0 Å². The van der Waals surface area contributed by atoms with Gasteiger partial charge in [-0.2, -0.15) is 0 Å². The maximum absolute atomic E-state index is 12.4. The van der Waals surface area contributed by atoms with Gasteiger partial charge in [-0.15, -0.1) is 10.2 Å². The minimum Gasteiger partial charge on any atom is -0.495 e. The number of para-hydroxylation sites is 2. The van der Waals surface area contributed by atoms with E-state index in [2.05, 4.69) is 27.6 Å². The van der Waals surface area contributed by atoms with Gasteiger partial charge in [-0.1, -0.05) is 42.5 Å². The van der Waals surface area contributed by atoms with Crippen LogP contribution in [0.4, 0.5) is 11.5 Å². The zero-order valence-electron chi connectivity index (χ0n) is 14.7. The molecule has 3 aromatic rings. The van der Waals surface area contributed by atoms with Gasteiger partial charge in [0.1, 0.15) is 5.75 Å². The fraction of sp³-hybridized carbons (Fsp3) is 0.150. The molecule has 0 atom stereocenters. The van der Waals surface area contributed by atoms with Crippen LogP contribution in [0.3, 0.4) is 0 Å². The third kappa shape index (κ3) is 4.16. The maximum Gasteiger partial charge on any atom is 0.276 e. The van der Waals surface area contributed by atoms with Gasteiger partial charge in [0, 0.05) is 13.6 Å². The summed E-state index contributed by atoms with van der Waals surface area (Å²) in [6.07, 6.45) is 0. The molecule has 1 aromatic heterocycles. The first-order valence-corrected chi connectivity index (χ1v) is 8.20. The van der Waals surface area contributed by atoms with Gasteiger partial charge in [-0.05, 0) is 29.8 Å². The monoisotopic (exact) mass is 348 g/mol. The zero-order chi connectivity index (χ0) is 18.4. The van der Waals surface area contributed by atoms with Crippen molar-refractivity contribution in [3.8, 4) is 5.75 Å². The highest BCUT2D eigenvalue weighted by Crippen LogP contribution is 2.23. The van der Waals surface area contributed by atoms with Crippen molar-refractivity contribution in [2.75, 3.05) is 24.4 Å². The van der Waals surface area contributed by atoms with E-state index in [0.717, 1.165) is 0 Å². The molecule has 0 unspecified atom stereocenters. The predicted octanol–water partition coefficient (Wildman–Crippen LogP) is 3.37. The predicted molar refractivity (Wildman–Crippen MR) is 102 cm³/mol. The number of benzene rings is 2. The number of hydrogen-bond acceptors (Lipinski definition) is 5. The first-order chi connectivity index (χ1) is 12.7. The lowest BCUT2D eigenvalue weighted by Crippen LogP contribution is -2.20. The second-order valence-corrected chi connectivity index (χ2v) is 5.77. The topological polar surface area (TPSA) is 67.3 Å². The Morgan fingerprint density at radius 2 is 1.73 bits per heavy atom. The van der Waals surface area contributed by atoms with Gasteiger partial charge in [0.2, 0.25) is 0 Å². The van der Waals surface area contributed by atoms with Crippen molar-refractivity contribution in [1.29, 1.82) is 0 Å². The van der Waals surface area contributed by atoms with Gasteiger partial charge in [0.25, 0.3) is 5.91 Å². The minimum atomic E-state index is -0.334. The Labute approximate surface area is 152 Å². The molecule has 132 valence electrons. The molecule has 0 aliphatic rings. The lowest BCUT2D eigenvalue weighted by atomic mass is 10.2. The summed E-state index contributed by atoms with van der Waals surface area (Å²) < 4.78 is 5.23. The maximum atomic E-state index is 12.4. The molecule has 1 N–H and O–H groups in total. The normalized spacial score (nSPS) is 10.2. The molecule has 0 saturated carbocycles. The van der Waals surface area contributed by atoms with Crippen LogP contribution in [0.25, 0.3) is 0 Å². The molecule has 3 rings (SSSR count). The molecule has 0 fully saturated rings. The molecule has 26 heavy (non-hydrogen) atoms. The molecule has 0 radical (unpaired) electrons. The van der Waals surface area contributed by atoms with E-state index in [1.54, 1.807) is 31.4 Å². The van der Waals surface area contributed by atoms with Crippen LogP contribution in [-0.4, -0.2) is 30.3 Å². The average molecular weight is 348 g/mol. The molecule has 0 aliphatic carbocycles. The number of rotatable bonds is 6. The summed E-state index contributed by atoms with van der Waals surface area (Å²) in [5, 5.41) is 11.0. The Kier molecular flexibility index (Phi) is 5.43. The van der Waals surface area contributed by atoms with Crippen LogP contribution < -0.4 is 15.0 Å². The van der Waals surface area contributed by atoms with Crippen LogP contribution in [0.5, 0.6) is 5.75 Å². The van der Waals surface area contributed by atoms with Gasteiger partial charge in [-0.25, -0.2) is 0 Å². The number of carbonyl (C=O) groups is 1. The fourth-order valence-corrected chi connectivity index (χ4v) is 2.52. The van der Waals surface area contributed by atoms with E-state index in [1.165, 1.54) is 5.56 Å². The summed E-state index contributed by atoms with van der Waals surface area (Å²) in [6, 6.07) is 20.8. The number of hydrogen-bond donors (Lipinski definition) is 1. The number of anilines is 2. The van der Waals surface area contributed by atoms with Gasteiger partial charge < -0.3 is 15.0 Å². The van der Waals surface area contributed by atoms with E-state index < -0.39 is 0 Å². The summed E-state index contributed by atoms with van der Waals surface area (Å²) in [5.41, 5.74) is 2.01. The summed E-state index contributed by atoms with van der Waals surface area (Å²) in [5.74, 6) is 0.954. The number of aromatic nitrogens is 2. The molecule has 6 heteroatoms. The van der Waals surface area contributed by atoms with Crippen molar-refractivity contribution in [3.05, 3.63) is 78.0 Å². The van der Waals surface area contributed by atoms with E-state index in [4.69, 9.17) is 4.74 Å². The molecular formula is C20H20N4O2. The smallest absolute Gasteiger partial charge is 0.276 e. The Bertz CT molecular complexity index is 866. The summed E-state index contributed by atoms with van der Waals surface area (Å²) in [7, 11) is 3.49. The Hall–Kier alpha value is -3.41. The van der Waals surface area contributed by atoms with Crippen LogP contribution >= 0.6 is 0 Å². The van der Waals surface area contributed by atoms with Crippen molar-refractivity contribution in [1.82, 2.24) is 10.2 Å². The number of nitrogens with one attached hydrogen (secondary N) is 1. The quantitative estimate of drug-likeness (QED) is 0.740. The zero-order valence-corrected chi connectivity index (χ0v) is 14.7. The first-order valence-electron chi connectivity index (χ1n) is 8.20. The van der Waals surface area contributed by atoms with Crippen LogP contribution in [0, 0.1) is 0 Å². The van der Waals surface area contributed by atoms with Crippen LogP contribution in [0.1, 0.15) is 16.1 Å². The molecule has 0 spiro atoms. The standard InChI is InChI=1S/C20H20N4O2/c1-24(14-15-8-4-3-5-9-15)19-13-12-17(22-23-19)20(25)21-16-10-6-7-11-18(16)26-2/h3-13H,14H2,1-2H3,(H,21,25). The van der Waals surface area contributed by atoms with Crippen LogP contribution in [0.2, 0.25) is 0 Å². The van der Waals surface area contributed by atoms with E-state index in [1.807, 2.05) is 42.3 Å². The highest BCUT2D eigenvalue weighted by Gasteiger charge is 2.12. The van der Waals surface area contributed by atoms with Crippen LogP contribution in [0.15, 0.2) is 66.7 Å². The van der Waals surface area contributed by atoms with Gasteiger partial charge in [-0.3, -0.25) is 4.79 Å². The van der Waals surface area contributed by atoms with Crippen molar-refractivity contribution < 1.29 is 9.53 Å². The molecule has 0 aliphatic heterocycles. The second-order valence-electron chi connectivity index (χ2n) is 5.77. The van der Waals surface area contributed by atoms with Crippen LogP contribution in [-0.2, 0) is 6.54 Å². The first kappa shape index (κ1) is 17.4. The van der Waals surface area contributed by atoms with Crippen molar-refractivity contribution in [3.63, 3.8) is 0 Å². The molecule has 2 aromatic carbocycles. The van der Waals surface area contributed by atoms with Crippen molar-refractivity contribution >= 4 is 17.4 Å². The minimum absolute atomic E-state index is 0.243. The second kappa shape index (κ2) is 8.11. The lowest BCUT2D eigenvalue weighted by molar-refractivity contribution is 0.102. The summed E-state index contributed by atoms with van der Waals surface area (Å²) in [6.45, 7) is 0.711. The Morgan fingerprint density at radius 1 is 1.00 bits per heavy atom. The number of amides is 1. The number of methoxy groups -OCH3 is 1. The number of nitrogens with zero attached hydrogens (tertiary/aromatic N) is 3. The van der Waals surface area contributed by atoms with E-state index in [-0.39, 0.29) is 11.6 Å². The molecule has 0 saturated heterocycles. The summed E-state index contributed by atoms with van der Waals surface area (Å²) in [4.78, 5) is 14.3. The largest absolute Gasteiger partial charge is 0.495 e. The average Bonchev–Trinajstić information content (AvgIpc) is 2.69. The Balaban J connectivity index is 1.68. The Morgan fingerprint density at radius 3 is 2.42 bits per heavy atom. The molecular weight excluding hydrogens is 328 g/mol. The highest BCUT2D eigenvalue weighted by molar-refractivity contribution is 6.03. The van der Waals surface area contributed by atoms with Gasteiger partial charge >= 0.3 is 0 Å². The van der Waals surface area contributed by atoms with Gasteiger partial charge in [0.15, 0.2) is 11.5 Å². The molecule has 6 nitrogen and oxygen atoms in total. The highest BCUT2D eigenvalue weighted by atomic mass is 16.5. The summed E-state index contributed by atoms with van der Waals surface area (Å²) >= 11 is 0. The molecule has 1 heterocycles. The van der Waals surface area contributed by atoms with Crippen molar-refractivity contribution in [2.45, 2.75) is 6.54 Å². The van der Waals surface area contributed by atoms with Gasteiger partial charge in [0.05, 0.1) is 12.8 Å². The molecule has 0 bridgehead atoms. The third-order valence-corrected chi connectivity index (χ3v) is 3.89. The number of carbonyl (C=O) groups excluding carboxylic acids is 1. The lowest BCUT2D eigenvalue weighted by Gasteiger charge is -2.17. The van der Waals surface area contributed by atoms with E-state index in [0.29, 0.717) is 23.8 Å². The van der Waals surface area contributed by atoms with Crippen molar-refractivity contribution in [2.24, 2.45) is 0 Å².